The maximum Gasteiger partial charge on any atom is 0.322 e. The molecule has 0 unspecified atom stereocenters. The van der Waals surface area contributed by atoms with E-state index in [0.717, 1.165) is 16.8 Å². The number of carbonyl (C=O) groups is 1. The summed E-state index contributed by atoms with van der Waals surface area (Å²) < 4.78 is 6.84. The zero-order chi connectivity index (χ0) is 16.6. The van der Waals surface area contributed by atoms with Gasteiger partial charge in [-0.05, 0) is 25.0 Å². The number of fused-ring (bicyclic) bond motifs is 1. The third-order valence-electron chi connectivity index (χ3n) is 3.98. The second-order valence-electron chi connectivity index (χ2n) is 5.60. The Bertz CT molecular complexity index is 808. The average molecular weight is 317 g/mol. The Morgan fingerprint density at radius 1 is 1.48 bits per heavy atom. The highest BCUT2D eigenvalue weighted by Crippen LogP contribution is 2.23. The average Bonchev–Trinajstić information content (AvgIpc) is 2.82. The van der Waals surface area contributed by atoms with E-state index >= 15 is 0 Å². The number of amides is 2. The van der Waals surface area contributed by atoms with Gasteiger partial charge >= 0.3 is 6.03 Å². The summed E-state index contributed by atoms with van der Waals surface area (Å²) in [4.78, 5) is 30.1. The van der Waals surface area contributed by atoms with Crippen LogP contribution in [-0.4, -0.2) is 39.4 Å². The lowest BCUT2D eigenvalue weighted by molar-refractivity contribution is 0.204. The van der Waals surface area contributed by atoms with Crippen molar-refractivity contribution in [3.63, 3.8) is 0 Å². The van der Waals surface area contributed by atoms with Gasteiger partial charge in [-0.1, -0.05) is 0 Å². The van der Waals surface area contributed by atoms with E-state index in [1.165, 1.54) is 7.11 Å². The van der Waals surface area contributed by atoms with Crippen molar-refractivity contribution in [3.05, 3.63) is 39.4 Å². The van der Waals surface area contributed by atoms with Crippen LogP contribution in [0, 0.1) is 6.92 Å². The van der Waals surface area contributed by atoms with Gasteiger partial charge in [-0.25, -0.2) is 9.78 Å². The van der Waals surface area contributed by atoms with Crippen LogP contribution in [0.1, 0.15) is 16.8 Å². The Kier molecular flexibility index (Phi) is 3.81. The fourth-order valence-electron chi connectivity index (χ4n) is 2.76. The smallest absolute Gasteiger partial charge is 0.322 e. The number of aryl methyl sites for hydroxylation is 2. The second kappa shape index (κ2) is 5.79. The number of H-pyrrole nitrogens is 1. The number of nitrogens with one attached hydrogen (secondary N) is 2. The SMILES string of the molecule is COc1ncc(C)cc1NC(=O)N1CCc2c(n(C)[nH]c2=O)C1. The molecule has 0 aromatic carbocycles. The Labute approximate surface area is 133 Å². The molecule has 8 heteroatoms. The second-order valence-corrected chi connectivity index (χ2v) is 5.60. The van der Waals surface area contributed by atoms with Gasteiger partial charge in [0.2, 0.25) is 5.88 Å². The zero-order valence-electron chi connectivity index (χ0n) is 13.3. The molecular formula is C15H19N5O3. The van der Waals surface area contributed by atoms with E-state index in [4.69, 9.17) is 4.74 Å². The number of aromatic nitrogens is 3. The minimum atomic E-state index is -0.241. The Morgan fingerprint density at radius 2 is 2.26 bits per heavy atom. The number of urea groups is 1. The lowest BCUT2D eigenvalue weighted by atomic mass is 10.1. The molecule has 0 fully saturated rings. The number of hydrogen-bond donors (Lipinski definition) is 2. The van der Waals surface area contributed by atoms with E-state index in [0.29, 0.717) is 31.1 Å². The summed E-state index contributed by atoms with van der Waals surface area (Å²) in [6, 6.07) is 1.57. The molecule has 2 aromatic rings. The van der Waals surface area contributed by atoms with E-state index in [-0.39, 0.29) is 11.6 Å². The van der Waals surface area contributed by atoms with Crippen LogP contribution < -0.4 is 15.6 Å². The fourth-order valence-corrected chi connectivity index (χ4v) is 2.76. The molecule has 0 bridgehead atoms. The molecule has 2 amide bonds. The minimum absolute atomic E-state index is 0.0767. The van der Waals surface area contributed by atoms with Gasteiger partial charge in [0.25, 0.3) is 5.56 Å². The van der Waals surface area contributed by atoms with Crippen LogP contribution in [0.3, 0.4) is 0 Å². The summed E-state index contributed by atoms with van der Waals surface area (Å²) in [5.74, 6) is 0.371. The number of aromatic amines is 1. The highest BCUT2D eigenvalue weighted by Gasteiger charge is 2.26. The molecule has 2 aromatic heterocycles. The van der Waals surface area contributed by atoms with Gasteiger partial charge < -0.3 is 15.0 Å². The van der Waals surface area contributed by atoms with Gasteiger partial charge in [-0.3, -0.25) is 14.6 Å². The molecule has 8 nitrogen and oxygen atoms in total. The first-order valence-corrected chi connectivity index (χ1v) is 7.33. The standard InChI is InChI=1S/C15H19N5O3/c1-9-6-11(14(23-3)16-7-9)17-15(22)20-5-4-10-12(8-20)19(2)18-13(10)21/h6-7H,4-5,8H2,1-3H3,(H,17,22)(H,18,21). The number of pyridine rings is 1. The van der Waals surface area contributed by atoms with Crippen LogP contribution >= 0.6 is 0 Å². The molecule has 1 aliphatic heterocycles. The van der Waals surface area contributed by atoms with Crippen LogP contribution in [0.15, 0.2) is 17.1 Å². The summed E-state index contributed by atoms with van der Waals surface area (Å²) >= 11 is 0. The number of methoxy groups -OCH3 is 1. The summed E-state index contributed by atoms with van der Waals surface area (Å²) in [5, 5.41) is 5.56. The minimum Gasteiger partial charge on any atom is -0.480 e. The highest BCUT2D eigenvalue weighted by atomic mass is 16.5. The van der Waals surface area contributed by atoms with Gasteiger partial charge in [0.05, 0.1) is 19.3 Å². The molecule has 1 aliphatic rings. The summed E-state index contributed by atoms with van der Waals surface area (Å²) in [7, 11) is 3.28. The van der Waals surface area contributed by atoms with Gasteiger partial charge in [0.15, 0.2) is 0 Å². The summed E-state index contributed by atoms with van der Waals surface area (Å²) in [6.45, 7) is 2.77. The van der Waals surface area contributed by atoms with Crippen molar-refractivity contribution in [2.24, 2.45) is 7.05 Å². The highest BCUT2D eigenvalue weighted by molar-refractivity contribution is 5.90. The quantitative estimate of drug-likeness (QED) is 0.865. The third kappa shape index (κ3) is 2.79. The summed E-state index contributed by atoms with van der Waals surface area (Å²) in [5.41, 5.74) is 2.98. The lowest BCUT2D eigenvalue weighted by Gasteiger charge is -2.27. The topological polar surface area (TPSA) is 92.2 Å². The van der Waals surface area contributed by atoms with Crippen molar-refractivity contribution in [3.8, 4) is 5.88 Å². The van der Waals surface area contributed by atoms with E-state index in [9.17, 15) is 9.59 Å². The molecule has 2 N–H and O–H groups in total. The molecule has 0 aliphatic carbocycles. The molecule has 0 saturated heterocycles. The van der Waals surface area contributed by atoms with E-state index in [1.807, 2.05) is 13.0 Å². The largest absolute Gasteiger partial charge is 0.480 e. The summed E-state index contributed by atoms with van der Waals surface area (Å²) in [6.07, 6.45) is 2.22. The van der Waals surface area contributed by atoms with Gasteiger partial charge in [0, 0.05) is 25.4 Å². The first kappa shape index (κ1) is 15.1. The number of anilines is 1. The number of nitrogens with zero attached hydrogens (tertiary/aromatic N) is 3. The van der Waals surface area contributed by atoms with Crippen molar-refractivity contribution < 1.29 is 9.53 Å². The molecule has 3 rings (SSSR count). The molecule has 0 atom stereocenters. The van der Waals surface area contributed by atoms with Gasteiger partial charge in [0.1, 0.15) is 5.69 Å². The molecular weight excluding hydrogens is 298 g/mol. The van der Waals surface area contributed by atoms with E-state index in [2.05, 4.69) is 15.4 Å². The van der Waals surface area contributed by atoms with Crippen LogP contribution in [0.5, 0.6) is 5.88 Å². The molecule has 23 heavy (non-hydrogen) atoms. The fraction of sp³-hybridized carbons (Fsp3) is 0.400. The maximum absolute atomic E-state index is 12.5. The normalized spacial score (nSPS) is 13.6. The number of ether oxygens (including phenoxy) is 1. The van der Waals surface area contributed by atoms with Crippen LogP contribution in [0.2, 0.25) is 0 Å². The van der Waals surface area contributed by atoms with Crippen molar-refractivity contribution in [2.75, 3.05) is 19.0 Å². The predicted octanol–water partition coefficient (Wildman–Crippen LogP) is 1.02. The number of carbonyl (C=O) groups excluding carboxylic acids is 1. The first-order chi connectivity index (χ1) is 11.0. The van der Waals surface area contributed by atoms with Crippen LogP contribution in [0.4, 0.5) is 10.5 Å². The molecule has 122 valence electrons. The molecule has 3 heterocycles. The molecule has 0 saturated carbocycles. The van der Waals surface area contributed by atoms with Crippen molar-refractivity contribution in [2.45, 2.75) is 19.9 Å². The predicted molar refractivity (Wildman–Crippen MR) is 84.7 cm³/mol. The third-order valence-corrected chi connectivity index (χ3v) is 3.98. The van der Waals surface area contributed by atoms with Crippen molar-refractivity contribution >= 4 is 11.7 Å². The Morgan fingerprint density at radius 3 is 3.00 bits per heavy atom. The number of rotatable bonds is 2. The van der Waals surface area contributed by atoms with Crippen molar-refractivity contribution in [1.29, 1.82) is 0 Å². The first-order valence-electron chi connectivity index (χ1n) is 7.33. The van der Waals surface area contributed by atoms with Crippen LogP contribution in [-0.2, 0) is 20.0 Å². The van der Waals surface area contributed by atoms with Crippen molar-refractivity contribution in [1.82, 2.24) is 19.7 Å². The van der Waals surface area contributed by atoms with Gasteiger partial charge in [-0.2, -0.15) is 0 Å². The van der Waals surface area contributed by atoms with E-state index in [1.54, 1.807) is 22.8 Å². The zero-order valence-corrected chi connectivity index (χ0v) is 13.3. The maximum atomic E-state index is 12.5. The Hall–Kier alpha value is -2.77. The Balaban J connectivity index is 1.79. The molecule has 0 radical (unpaired) electrons. The monoisotopic (exact) mass is 317 g/mol. The van der Waals surface area contributed by atoms with Gasteiger partial charge in [-0.15, -0.1) is 0 Å². The number of hydrogen-bond acceptors (Lipinski definition) is 4. The van der Waals surface area contributed by atoms with E-state index < -0.39 is 0 Å². The van der Waals surface area contributed by atoms with Crippen LogP contribution in [0.25, 0.3) is 0 Å². The lowest BCUT2D eigenvalue weighted by Crippen LogP contribution is -2.40. The molecule has 0 spiro atoms.